The Morgan fingerprint density at radius 3 is 2.56 bits per heavy atom. The predicted molar refractivity (Wildman–Crippen MR) is 98.7 cm³/mol. The maximum absolute atomic E-state index is 12.8. The summed E-state index contributed by atoms with van der Waals surface area (Å²) in [4.78, 5) is 4.67. The fourth-order valence-corrected chi connectivity index (χ4v) is 3.59. The molecular weight excluding hydrogens is 355 g/mol. The fourth-order valence-electron chi connectivity index (χ4n) is 3.59. The van der Waals surface area contributed by atoms with E-state index >= 15 is 0 Å². The van der Waals surface area contributed by atoms with E-state index in [9.17, 15) is 13.2 Å². The second-order valence-corrected chi connectivity index (χ2v) is 6.45. The molecule has 0 amide bonds. The zero-order chi connectivity index (χ0) is 19.3. The van der Waals surface area contributed by atoms with Crippen LogP contribution in [0.15, 0.2) is 42.5 Å². The third kappa shape index (κ3) is 2.83. The van der Waals surface area contributed by atoms with Gasteiger partial charge in [-0.1, -0.05) is 24.3 Å². The van der Waals surface area contributed by atoms with Gasteiger partial charge in [0.25, 0.3) is 0 Å². The highest BCUT2D eigenvalue weighted by molar-refractivity contribution is 5.91. The normalized spacial score (nSPS) is 12.2. The molecule has 2 heterocycles. The molecule has 0 bridgehead atoms. The number of aromatic nitrogens is 3. The van der Waals surface area contributed by atoms with Crippen molar-refractivity contribution in [2.75, 3.05) is 0 Å². The molecule has 0 aliphatic carbocycles. The molecule has 2 aromatic heterocycles. The zero-order valence-corrected chi connectivity index (χ0v) is 15.1. The molecule has 4 aromatic rings. The Morgan fingerprint density at radius 1 is 1.11 bits per heavy atom. The Bertz CT molecular complexity index is 1150. The van der Waals surface area contributed by atoms with Crippen molar-refractivity contribution in [2.24, 2.45) is 7.05 Å². The van der Waals surface area contributed by atoms with Gasteiger partial charge in [0.15, 0.2) is 11.6 Å². The van der Waals surface area contributed by atoms with Crippen LogP contribution in [-0.2, 0) is 13.6 Å². The molecule has 27 heavy (non-hydrogen) atoms. The number of hydrogen-bond acceptors (Lipinski definition) is 2. The standard InChI is InChI=1S/C20H18F3N3O/c1-4-26-14-8-6-5-7-13(14)11-15(26)19-24-17-12(2)9-10-16(18(17)25(19)3)27-20(21,22)23/h5-11H,4H2,1-3H3. The number of para-hydroxylation sites is 1. The van der Waals surface area contributed by atoms with E-state index in [2.05, 4.69) is 14.3 Å². The van der Waals surface area contributed by atoms with Gasteiger partial charge in [0.1, 0.15) is 5.52 Å². The van der Waals surface area contributed by atoms with Gasteiger partial charge >= 0.3 is 6.36 Å². The first-order valence-corrected chi connectivity index (χ1v) is 8.60. The van der Waals surface area contributed by atoms with E-state index in [0.717, 1.165) is 28.7 Å². The number of halogens is 3. The maximum Gasteiger partial charge on any atom is 0.573 e. The highest BCUT2D eigenvalue weighted by Gasteiger charge is 2.33. The van der Waals surface area contributed by atoms with Crippen molar-refractivity contribution in [3.63, 3.8) is 0 Å². The molecule has 4 rings (SSSR count). The lowest BCUT2D eigenvalue weighted by Crippen LogP contribution is -2.17. The quantitative estimate of drug-likeness (QED) is 0.480. The summed E-state index contributed by atoms with van der Waals surface area (Å²) in [5, 5.41) is 1.06. The van der Waals surface area contributed by atoms with Crippen molar-refractivity contribution in [1.82, 2.24) is 14.1 Å². The van der Waals surface area contributed by atoms with E-state index in [1.54, 1.807) is 17.7 Å². The second-order valence-electron chi connectivity index (χ2n) is 6.45. The van der Waals surface area contributed by atoms with E-state index < -0.39 is 6.36 Å². The molecule has 0 aliphatic heterocycles. The third-order valence-corrected chi connectivity index (χ3v) is 4.77. The van der Waals surface area contributed by atoms with Gasteiger partial charge in [0.05, 0.1) is 11.2 Å². The van der Waals surface area contributed by atoms with Crippen LogP contribution in [0.25, 0.3) is 33.5 Å². The summed E-state index contributed by atoms with van der Waals surface area (Å²) in [7, 11) is 1.71. The van der Waals surface area contributed by atoms with Gasteiger partial charge in [0.2, 0.25) is 0 Å². The maximum atomic E-state index is 12.8. The van der Waals surface area contributed by atoms with Crippen LogP contribution in [0.5, 0.6) is 5.75 Å². The van der Waals surface area contributed by atoms with E-state index in [1.807, 2.05) is 44.2 Å². The molecule has 0 saturated carbocycles. The van der Waals surface area contributed by atoms with E-state index in [4.69, 9.17) is 0 Å². The summed E-state index contributed by atoms with van der Waals surface area (Å²) in [6, 6.07) is 12.9. The lowest BCUT2D eigenvalue weighted by Gasteiger charge is -2.12. The number of hydrogen-bond donors (Lipinski definition) is 0. The Hall–Kier alpha value is -2.96. The molecule has 4 nitrogen and oxygen atoms in total. The summed E-state index contributed by atoms with van der Waals surface area (Å²) in [6.07, 6.45) is -4.76. The van der Waals surface area contributed by atoms with Crippen LogP contribution in [0, 0.1) is 6.92 Å². The van der Waals surface area contributed by atoms with Gasteiger partial charge in [-0.05, 0) is 37.6 Å². The second kappa shape index (κ2) is 6.04. The summed E-state index contributed by atoms with van der Waals surface area (Å²) < 4.78 is 46.5. The summed E-state index contributed by atoms with van der Waals surface area (Å²) >= 11 is 0. The molecule has 0 atom stereocenters. The average Bonchev–Trinajstić information content (AvgIpc) is 3.14. The predicted octanol–water partition coefficient (Wildman–Crippen LogP) is 5.42. The first-order chi connectivity index (χ1) is 12.8. The van der Waals surface area contributed by atoms with Crippen LogP contribution >= 0.6 is 0 Å². The summed E-state index contributed by atoms with van der Waals surface area (Å²) in [5.41, 5.74) is 3.54. The number of ether oxygens (including phenoxy) is 1. The van der Waals surface area contributed by atoms with E-state index in [0.29, 0.717) is 16.9 Å². The van der Waals surface area contributed by atoms with Gasteiger partial charge in [-0.25, -0.2) is 4.98 Å². The van der Waals surface area contributed by atoms with Gasteiger partial charge in [-0.2, -0.15) is 0 Å². The van der Waals surface area contributed by atoms with Crippen LogP contribution in [0.3, 0.4) is 0 Å². The first kappa shape index (κ1) is 17.5. The van der Waals surface area contributed by atoms with Crippen molar-refractivity contribution in [2.45, 2.75) is 26.8 Å². The molecule has 0 saturated heterocycles. The lowest BCUT2D eigenvalue weighted by molar-refractivity contribution is -0.274. The van der Waals surface area contributed by atoms with Gasteiger partial charge < -0.3 is 13.9 Å². The summed E-state index contributed by atoms with van der Waals surface area (Å²) in [6.45, 7) is 4.57. The largest absolute Gasteiger partial charge is 0.573 e. The van der Waals surface area contributed by atoms with Crippen LogP contribution in [-0.4, -0.2) is 20.5 Å². The zero-order valence-electron chi connectivity index (χ0n) is 15.1. The number of aryl methyl sites for hydroxylation is 3. The minimum atomic E-state index is -4.76. The Morgan fingerprint density at radius 2 is 1.85 bits per heavy atom. The van der Waals surface area contributed by atoms with E-state index in [1.165, 1.54) is 6.07 Å². The fraction of sp³-hybridized carbons (Fsp3) is 0.250. The molecule has 2 aromatic carbocycles. The van der Waals surface area contributed by atoms with Crippen molar-refractivity contribution in [3.05, 3.63) is 48.0 Å². The third-order valence-electron chi connectivity index (χ3n) is 4.77. The first-order valence-electron chi connectivity index (χ1n) is 8.60. The molecule has 0 unspecified atom stereocenters. The molecule has 0 N–H and O–H groups in total. The number of benzene rings is 2. The van der Waals surface area contributed by atoms with Gasteiger partial charge in [0, 0.05) is 24.5 Å². The van der Waals surface area contributed by atoms with Gasteiger partial charge in [-0.3, -0.25) is 0 Å². The van der Waals surface area contributed by atoms with Crippen molar-refractivity contribution < 1.29 is 17.9 Å². The number of fused-ring (bicyclic) bond motifs is 2. The van der Waals surface area contributed by atoms with Crippen LogP contribution < -0.4 is 4.74 Å². The highest BCUT2D eigenvalue weighted by atomic mass is 19.4. The number of nitrogens with zero attached hydrogens (tertiary/aromatic N) is 3. The van der Waals surface area contributed by atoms with Crippen LogP contribution in [0.2, 0.25) is 0 Å². The lowest BCUT2D eigenvalue weighted by atomic mass is 10.2. The SMILES string of the molecule is CCn1c(-c2nc3c(C)ccc(OC(F)(F)F)c3n2C)cc2ccccc21. The van der Waals surface area contributed by atoms with E-state index in [-0.39, 0.29) is 5.75 Å². The van der Waals surface area contributed by atoms with Crippen molar-refractivity contribution in [1.29, 1.82) is 0 Å². The topological polar surface area (TPSA) is 32.0 Å². The monoisotopic (exact) mass is 373 g/mol. The Kier molecular flexibility index (Phi) is 3.91. The van der Waals surface area contributed by atoms with Gasteiger partial charge in [-0.15, -0.1) is 13.2 Å². The molecular formula is C20H18F3N3O. The summed E-state index contributed by atoms with van der Waals surface area (Å²) in [5.74, 6) is 0.355. The smallest absolute Gasteiger partial charge is 0.403 e. The number of rotatable bonds is 3. The molecule has 0 fully saturated rings. The van der Waals surface area contributed by atoms with Crippen molar-refractivity contribution >= 4 is 21.9 Å². The molecule has 7 heteroatoms. The minimum absolute atomic E-state index is 0.247. The number of alkyl halides is 3. The highest BCUT2D eigenvalue weighted by Crippen LogP contribution is 2.36. The van der Waals surface area contributed by atoms with Crippen molar-refractivity contribution in [3.8, 4) is 17.3 Å². The molecule has 0 aliphatic rings. The number of imidazole rings is 1. The van der Waals surface area contributed by atoms with Crippen LogP contribution in [0.4, 0.5) is 13.2 Å². The Labute approximate surface area is 153 Å². The minimum Gasteiger partial charge on any atom is -0.403 e. The van der Waals surface area contributed by atoms with Crippen LogP contribution in [0.1, 0.15) is 12.5 Å². The Balaban J connectivity index is 2.00. The average molecular weight is 373 g/mol. The molecule has 0 radical (unpaired) electrons. The molecule has 0 spiro atoms. The molecule has 140 valence electrons.